The zero-order valence-corrected chi connectivity index (χ0v) is 13.7. The molecular formula is C15H15ClFN3O2S. The van der Waals surface area contributed by atoms with Crippen LogP contribution in [-0.2, 0) is 4.74 Å². The van der Waals surface area contributed by atoms with Gasteiger partial charge in [-0.3, -0.25) is 4.79 Å². The molecule has 0 spiro atoms. The van der Waals surface area contributed by atoms with Crippen LogP contribution in [0.2, 0.25) is 4.47 Å². The van der Waals surface area contributed by atoms with Gasteiger partial charge in [-0.1, -0.05) is 11.6 Å². The highest BCUT2D eigenvalue weighted by Gasteiger charge is 2.16. The fourth-order valence-corrected chi connectivity index (χ4v) is 3.06. The predicted octanol–water partition coefficient (Wildman–Crippen LogP) is 3.78. The minimum atomic E-state index is -0.433. The zero-order valence-electron chi connectivity index (χ0n) is 12.1. The Labute approximate surface area is 141 Å². The van der Waals surface area contributed by atoms with Gasteiger partial charge < -0.3 is 15.4 Å². The summed E-state index contributed by atoms with van der Waals surface area (Å²) in [6.45, 7) is 1.33. The number of aromatic nitrogens is 1. The van der Waals surface area contributed by atoms with Gasteiger partial charge in [0.25, 0.3) is 5.91 Å². The van der Waals surface area contributed by atoms with Gasteiger partial charge in [0.1, 0.15) is 11.5 Å². The lowest BCUT2D eigenvalue weighted by atomic mass is 10.2. The van der Waals surface area contributed by atoms with E-state index in [0.717, 1.165) is 19.4 Å². The van der Waals surface area contributed by atoms with E-state index < -0.39 is 11.7 Å². The van der Waals surface area contributed by atoms with E-state index in [9.17, 15) is 9.18 Å². The third-order valence-corrected chi connectivity index (χ3v) is 4.46. The van der Waals surface area contributed by atoms with Crippen molar-refractivity contribution in [3.63, 3.8) is 0 Å². The number of nitrogens with zero attached hydrogens (tertiary/aromatic N) is 1. The summed E-state index contributed by atoms with van der Waals surface area (Å²) in [4.78, 5) is 15.8. The number of anilines is 2. The average Bonchev–Trinajstić information content (AvgIpc) is 3.18. The average molecular weight is 356 g/mol. The zero-order chi connectivity index (χ0) is 16.2. The Morgan fingerprint density at radius 3 is 3.04 bits per heavy atom. The Kier molecular flexibility index (Phi) is 5.09. The first-order chi connectivity index (χ1) is 11.1. The Balaban J connectivity index is 1.60. The number of amides is 1. The Hall–Kier alpha value is -1.70. The number of benzene rings is 1. The molecule has 1 amide bonds. The van der Waals surface area contributed by atoms with Crippen LogP contribution in [0, 0.1) is 5.82 Å². The van der Waals surface area contributed by atoms with Gasteiger partial charge in [0, 0.05) is 24.2 Å². The Morgan fingerprint density at radius 1 is 1.52 bits per heavy atom. The SMILES string of the molecule is O=C(Nc1ccc(NC[C@H]2CCCO2)c(F)c1)c1csc(Cl)n1. The lowest BCUT2D eigenvalue weighted by molar-refractivity contribution is 0.102. The van der Waals surface area contributed by atoms with Crippen LogP contribution < -0.4 is 10.6 Å². The van der Waals surface area contributed by atoms with Crippen LogP contribution in [0.1, 0.15) is 23.3 Å². The van der Waals surface area contributed by atoms with Crippen LogP contribution >= 0.6 is 22.9 Å². The maximum absolute atomic E-state index is 14.1. The lowest BCUT2D eigenvalue weighted by Gasteiger charge is -2.13. The second kappa shape index (κ2) is 7.25. The van der Waals surface area contributed by atoms with Crippen molar-refractivity contribution in [3.05, 3.63) is 39.6 Å². The van der Waals surface area contributed by atoms with Gasteiger partial charge in [0.05, 0.1) is 11.8 Å². The molecule has 2 N–H and O–H groups in total. The van der Waals surface area contributed by atoms with E-state index in [1.165, 1.54) is 17.4 Å². The molecule has 5 nitrogen and oxygen atoms in total. The van der Waals surface area contributed by atoms with E-state index in [1.54, 1.807) is 17.5 Å². The minimum Gasteiger partial charge on any atom is -0.380 e. The predicted molar refractivity (Wildman–Crippen MR) is 88.9 cm³/mol. The normalized spacial score (nSPS) is 17.2. The maximum Gasteiger partial charge on any atom is 0.275 e. The van der Waals surface area contributed by atoms with Crippen molar-refractivity contribution in [2.24, 2.45) is 0 Å². The Morgan fingerprint density at radius 2 is 2.39 bits per heavy atom. The number of rotatable bonds is 5. The second-order valence-electron chi connectivity index (χ2n) is 5.15. The summed E-state index contributed by atoms with van der Waals surface area (Å²) < 4.78 is 19.9. The van der Waals surface area contributed by atoms with E-state index >= 15 is 0 Å². The molecule has 3 rings (SSSR count). The molecule has 1 aromatic heterocycles. The summed E-state index contributed by atoms with van der Waals surface area (Å²) in [7, 11) is 0. The molecule has 0 radical (unpaired) electrons. The van der Waals surface area contributed by atoms with Gasteiger partial charge in [-0.15, -0.1) is 11.3 Å². The first-order valence-corrected chi connectivity index (χ1v) is 8.45. The number of carbonyl (C=O) groups is 1. The molecule has 0 aliphatic carbocycles. The number of hydrogen-bond donors (Lipinski definition) is 2. The molecule has 2 heterocycles. The number of thiazole rings is 1. The summed E-state index contributed by atoms with van der Waals surface area (Å²) in [5.74, 6) is -0.857. The highest BCUT2D eigenvalue weighted by molar-refractivity contribution is 7.14. The van der Waals surface area contributed by atoms with E-state index in [4.69, 9.17) is 16.3 Å². The van der Waals surface area contributed by atoms with Crippen molar-refractivity contribution in [3.8, 4) is 0 Å². The van der Waals surface area contributed by atoms with Gasteiger partial charge in [0.15, 0.2) is 4.47 Å². The monoisotopic (exact) mass is 355 g/mol. The topological polar surface area (TPSA) is 63.2 Å². The quantitative estimate of drug-likeness (QED) is 0.856. The van der Waals surface area contributed by atoms with Crippen LogP contribution in [0.15, 0.2) is 23.6 Å². The Bertz CT molecular complexity index is 704. The first-order valence-electron chi connectivity index (χ1n) is 7.19. The van der Waals surface area contributed by atoms with Crippen molar-refractivity contribution in [2.75, 3.05) is 23.8 Å². The molecule has 2 aromatic rings. The van der Waals surface area contributed by atoms with Crippen LogP contribution in [0.3, 0.4) is 0 Å². The molecule has 0 saturated carbocycles. The van der Waals surface area contributed by atoms with E-state index in [0.29, 0.717) is 17.9 Å². The highest BCUT2D eigenvalue weighted by atomic mass is 35.5. The molecule has 0 bridgehead atoms. The number of ether oxygens (including phenoxy) is 1. The standard InChI is InChI=1S/C15H15ClFN3O2S/c16-15-20-13(8-23-15)14(21)19-9-3-4-12(11(17)6-9)18-7-10-2-1-5-22-10/h3-4,6,8,10,18H,1-2,5,7H2,(H,19,21)/t10-/m1/s1. The minimum absolute atomic E-state index is 0.128. The van der Waals surface area contributed by atoms with Crippen LogP contribution in [0.5, 0.6) is 0 Å². The van der Waals surface area contributed by atoms with Gasteiger partial charge in [-0.05, 0) is 31.0 Å². The van der Waals surface area contributed by atoms with E-state index in [2.05, 4.69) is 15.6 Å². The smallest absolute Gasteiger partial charge is 0.275 e. The van der Waals surface area contributed by atoms with E-state index in [1.807, 2.05) is 0 Å². The summed E-state index contributed by atoms with van der Waals surface area (Å²) in [5.41, 5.74) is 0.954. The molecule has 1 saturated heterocycles. The highest BCUT2D eigenvalue weighted by Crippen LogP contribution is 2.21. The van der Waals surface area contributed by atoms with Crippen molar-refractivity contribution in [1.82, 2.24) is 4.98 Å². The molecule has 23 heavy (non-hydrogen) atoms. The molecule has 1 aliphatic heterocycles. The summed E-state index contributed by atoms with van der Waals surface area (Å²) in [5, 5.41) is 7.17. The summed E-state index contributed by atoms with van der Waals surface area (Å²) in [6.07, 6.45) is 2.16. The van der Waals surface area contributed by atoms with Crippen LogP contribution in [-0.4, -0.2) is 30.1 Å². The number of nitrogens with one attached hydrogen (secondary N) is 2. The number of halogens is 2. The van der Waals surface area contributed by atoms with Gasteiger partial charge in [0.2, 0.25) is 0 Å². The van der Waals surface area contributed by atoms with Crippen molar-refractivity contribution >= 4 is 40.2 Å². The molecular weight excluding hydrogens is 341 g/mol. The molecule has 1 fully saturated rings. The van der Waals surface area contributed by atoms with Crippen molar-refractivity contribution in [1.29, 1.82) is 0 Å². The lowest BCUT2D eigenvalue weighted by Crippen LogP contribution is -2.19. The van der Waals surface area contributed by atoms with Crippen molar-refractivity contribution in [2.45, 2.75) is 18.9 Å². The fraction of sp³-hybridized carbons (Fsp3) is 0.333. The van der Waals surface area contributed by atoms with Crippen LogP contribution in [0.4, 0.5) is 15.8 Å². The fourth-order valence-electron chi connectivity index (χ4n) is 2.32. The number of hydrogen-bond acceptors (Lipinski definition) is 5. The van der Waals surface area contributed by atoms with Gasteiger partial charge in [-0.25, -0.2) is 9.37 Å². The maximum atomic E-state index is 14.1. The van der Waals surface area contributed by atoms with Crippen LogP contribution in [0.25, 0.3) is 0 Å². The third-order valence-electron chi connectivity index (χ3n) is 3.48. The van der Waals surface area contributed by atoms with Crippen molar-refractivity contribution < 1.29 is 13.9 Å². The largest absolute Gasteiger partial charge is 0.380 e. The second-order valence-corrected chi connectivity index (χ2v) is 6.59. The first kappa shape index (κ1) is 16.2. The third kappa shape index (κ3) is 4.19. The summed E-state index contributed by atoms with van der Waals surface area (Å²) in [6, 6.07) is 4.49. The van der Waals surface area contributed by atoms with E-state index in [-0.39, 0.29) is 16.3 Å². The molecule has 0 unspecified atom stereocenters. The molecule has 1 aliphatic rings. The molecule has 1 atom stereocenters. The van der Waals surface area contributed by atoms with Gasteiger partial charge >= 0.3 is 0 Å². The molecule has 122 valence electrons. The molecule has 8 heteroatoms. The summed E-state index contributed by atoms with van der Waals surface area (Å²) >= 11 is 6.86. The molecule has 1 aromatic carbocycles. The number of carbonyl (C=O) groups excluding carboxylic acids is 1. The van der Waals surface area contributed by atoms with Gasteiger partial charge in [-0.2, -0.15) is 0 Å².